The third kappa shape index (κ3) is 18.6. The predicted molar refractivity (Wildman–Crippen MR) is 62.9 cm³/mol. The van der Waals surface area contributed by atoms with Gasteiger partial charge in [0.05, 0.1) is 7.37 Å². The quantitative estimate of drug-likeness (QED) is 0.155. The van der Waals surface area contributed by atoms with E-state index < -0.39 is 29.8 Å². The van der Waals surface area contributed by atoms with Crippen LogP contribution in [0.2, 0.25) is 0 Å². The van der Waals surface area contributed by atoms with Crippen LogP contribution >= 0.6 is 23.0 Å². The first kappa shape index (κ1) is 35.4. The Kier molecular flexibility index (Phi) is 25.0. The fourth-order valence-corrected chi connectivity index (χ4v) is 4.45. The van der Waals surface area contributed by atoms with Crippen molar-refractivity contribution in [2.24, 2.45) is 0 Å². The molecule has 0 saturated heterocycles. The molecule has 0 aliphatic rings. The maximum Gasteiger partial charge on any atom is 0.484 e. The van der Waals surface area contributed by atoms with Gasteiger partial charge < -0.3 is 19.1 Å². The fraction of sp³-hybridized carbons (Fsp3) is 0.833. The number of rotatable bonds is 9. The van der Waals surface area contributed by atoms with Crippen LogP contribution in [0, 0.1) is 37.3 Å². The van der Waals surface area contributed by atoms with Gasteiger partial charge in [-0.2, -0.15) is 11.2 Å². The molecule has 0 aliphatic carbocycles. The molecule has 0 heterocycles. The molecule has 0 rings (SSSR count). The molecule has 22 heavy (non-hydrogen) atoms. The molecule has 2 radical (unpaired) electrons. The van der Waals surface area contributed by atoms with Crippen LogP contribution in [0.25, 0.3) is 0 Å². The van der Waals surface area contributed by atoms with Crippen molar-refractivity contribution in [3.63, 3.8) is 0 Å². The van der Waals surface area contributed by atoms with Crippen LogP contribution in [-0.4, -0.2) is 29.9 Å². The second-order valence-electron chi connectivity index (χ2n) is 3.01. The molecule has 16 heteroatoms. The van der Waals surface area contributed by atoms with Crippen molar-refractivity contribution in [1.29, 1.82) is 0 Å². The Hall–Kier alpha value is 2.27. The van der Waals surface area contributed by atoms with Gasteiger partial charge in [-0.15, -0.1) is 0 Å². The fourth-order valence-electron chi connectivity index (χ4n) is 0.608. The maximum absolute atomic E-state index is 11.4. The second-order valence-corrected chi connectivity index (χ2v) is 8.78. The summed E-state index contributed by atoms with van der Waals surface area (Å²) in [7, 11) is -13.3. The van der Waals surface area contributed by atoms with Crippen LogP contribution < -0.4 is 0 Å². The summed E-state index contributed by atoms with van der Waals surface area (Å²) in [6, 6.07) is 0. The molecule has 0 aromatic rings. The molecule has 0 aliphatic heterocycles. The Morgan fingerprint density at radius 1 is 1.09 bits per heavy atom. The third-order valence-electron chi connectivity index (χ3n) is 1.44. The summed E-state index contributed by atoms with van der Waals surface area (Å²) in [6.07, 6.45) is 1.04. The largest absolute Gasteiger partial charge is 0.484 e. The van der Waals surface area contributed by atoms with Crippen molar-refractivity contribution in [3.8, 4) is 0 Å². The van der Waals surface area contributed by atoms with E-state index in [1.807, 2.05) is 0 Å². The summed E-state index contributed by atoms with van der Waals surface area (Å²) in [5, 5.41) is 0. The van der Waals surface area contributed by atoms with E-state index in [2.05, 4.69) is 17.9 Å². The number of hydrogen-bond acceptors (Lipinski definition) is 7. The molecule has 2 N–H and O–H groups in total. The first-order chi connectivity index (χ1) is 8.04. The van der Waals surface area contributed by atoms with Crippen molar-refractivity contribution >= 4 is 23.0 Å². The summed E-state index contributed by atoms with van der Waals surface area (Å²) in [4.78, 5) is 18.2. The van der Waals surface area contributed by atoms with Crippen LogP contribution in [0.5, 0.6) is 0 Å². The van der Waals surface area contributed by atoms with E-state index in [4.69, 9.17) is 9.79 Å². The van der Waals surface area contributed by atoms with Gasteiger partial charge in [-0.1, -0.05) is 0 Å². The van der Waals surface area contributed by atoms with Crippen LogP contribution in [-0.2, 0) is 84.7 Å². The Balaban J connectivity index is -0.000000241. The third-order valence-corrected chi connectivity index (χ3v) is 6.59. The van der Waals surface area contributed by atoms with Gasteiger partial charge in [0.25, 0.3) is 0 Å². The minimum atomic E-state index is -4.99. The van der Waals surface area contributed by atoms with Crippen molar-refractivity contribution in [3.05, 3.63) is 6.16 Å². The molecule has 0 aromatic carbocycles. The van der Waals surface area contributed by atoms with Crippen molar-refractivity contribution in [2.75, 3.05) is 20.1 Å². The van der Waals surface area contributed by atoms with Crippen molar-refractivity contribution in [1.82, 2.24) is 0 Å². The summed E-state index contributed by atoms with van der Waals surface area (Å²) in [5.74, 6) is 0. The molecule has 0 spiro atoms. The van der Waals surface area contributed by atoms with Gasteiger partial charge in [0.1, 0.15) is 0 Å². The number of ether oxygens (including phenoxy) is 1. The van der Waals surface area contributed by atoms with E-state index in [1.54, 1.807) is 6.92 Å². The minimum Gasteiger partial charge on any atom is -0.355 e. The van der Waals surface area contributed by atoms with Crippen LogP contribution in [0.3, 0.4) is 0 Å². The molecule has 0 fully saturated rings. The zero-order chi connectivity index (χ0) is 14.4. The van der Waals surface area contributed by atoms with E-state index in [1.165, 1.54) is 6.92 Å². The van der Waals surface area contributed by atoms with Crippen molar-refractivity contribution < 1.29 is 126 Å². The summed E-state index contributed by atoms with van der Waals surface area (Å²) in [5.41, 5.74) is 0. The summed E-state index contributed by atoms with van der Waals surface area (Å²) < 4.78 is 50.9. The Morgan fingerprint density at radius 3 is 1.91 bits per heavy atom. The maximum atomic E-state index is 11.4. The molecule has 0 saturated carbocycles. The van der Waals surface area contributed by atoms with Gasteiger partial charge in [-0.05, 0) is 13.6 Å². The van der Waals surface area contributed by atoms with Crippen molar-refractivity contribution in [2.45, 2.75) is 13.8 Å². The van der Waals surface area contributed by atoms with E-state index in [0.29, 0.717) is 0 Å². The smallest absolute Gasteiger partial charge is 0.355 e. The summed E-state index contributed by atoms with van der Waals surface area (Å²) in [6.45, 7) is 3.60. The number of hydrogen-bond donors (Lipinski definition) is 2. The molecule has 9 nitrogen and oxygen atoms in total. The van der Waals surface area contributed by atoms with Crippen LogP contribution in [0.15, 0.2) is 0 Å². The predicted octanol–water partition coefficient (Wildman–Crippen LogP) is 2.32. The van der Waals surface area contributed by atoms with E-state index in [-0.39, 0.29) is 90.9 Å². The van der Waals surface area contributed by atoms with Gasteiger partial charge in [-0.3, -0.25) is 8.83 Å². The second kappa shape index (κ2) is 15.5. The van der Waals surface area contributed by atoms with Crippen LogP contribution in [0.1, 0.15) is 13.8 Å². The van der Waals surface area contributed by atoms with Gasteiger partial charge >= 0.3 is 15.6 Å². The minimum absolute atomic E-state index is 0. The van der Waals surface area contributed by atoms with E-state index >= 15 is 0 Å². The summed E-state index contributed by atoms with van der Waals surface area (Å²) >= 11 is 0. The SMILES string of the molecule is C[CH-]P(C)(=O)OP(=O)(O)OP(=O)(O)OCOCC.[Re].[Rf].[U].[Y]. The van der Waals surface area contributed by atoms with Crippen LogP contribution in [0.4, 0.5) is 0 Å². The number of phosphoric acid groups is 2. The normalized spacial score (nSPS) is 17.9. The first-order valence-corrected chi connectivity index (χ1v) is 9.85. The Labute approximate surface area is 186 Å². The molecule has 0 aromatic heterocycles. The monoisotopic (exact) mass is 1110 g/mol. The van der Waals surface area contributed by atoms with E-state index in [0.717, 1.165) is 12.8 Å². The zero-order valence-electron chi connectivity index (χ0n) is 12.2. The van der Waals surface area contributed by atoms with Gasteiger partial charge in [0.2, 0.25) is 0 Å². The molecule has 3 unspecified atom stereocenters. The zero-order valence-corrected chi connectivity index (χ0v) is 31.0. The molecular weight excluding hydrogens is 1090 g/mol. The molecule has 0 amide bonds. The molecule has 0 bridgehead atoms. The molecule has 3 atom stereocenters. The average Bonchev–Trinajstić information content (AvgIpc) is 2.14. The Morgan fingerprint density at radius 2 is 1.55 bits per heavy atom. The molecule has 126 valence electrons. The first-order valence-electron chi connectivity index (χ1n) is 4.72. The topological polar surface area (TPSA) is 129 Å². The number of phosphoric ester groups is 1. The molecular formula is C6H16O9P3ReRfUY-. The van der Waals surface area contributed by atoms with Gasteiger partial charge in [0, 0.05) is 90.9 Å². The standard InChI is InChI=1S/C6H16O9P3.Re.Rf.U.Y/c1-4-12-6-13-17(8,9)15-18(10,11)14-16(3,7)5-2;;;;/h5H,4,6H2,1-3H3,(H,8,9)(H,10,11);;;;/q-1;;;;. The van der Waals surface area contributed by atoms with Gasteiger partial charge in [0.15, 0.2) is 6.79 Å². The average molecular weight is 1110 g/mol. The van der Waals surface area contributed by atoms with Gasteiger partial charge in [-0.25, -0.2) is 15.3 Å². The van der Waals surface area contributed by atoms with E-state index in [9.17, 15) is 13.7 Å². The Bertz CT molecular complexity index is 417.